The van der Waals surface area contributed by atoms with Gasteiger partial charge in [0, 0.05) is 0 Å². The van der Waals surface area contributed by atoms with Crippen LogP contribution in [0.4, 0.5) is 0 Å². The Labute approximate surface area is 105 Å². The summed E-state index contributed by atoms with van der Waals surface area (Å²) in [5, 5.41) is 19.2. The van der Waals surface area contributed by atoms with Crippen LogP contribution in [0.1, 0.15) is 12.5 Å². The number of carbonyl (C=O) groups excluding carboxylic acids is 1. The number of ether oxygens (including phenoxy) is 2. The van der Waals surface area contributed by atoms with Crippen molar-refractivity contribution in [2.24, 2.45) is 0 Å². The number of methoxy groups -OCH3 is 1. The van der Waals surface area contributed by atoms with Crippen LogP contribution in [0.15, 0.2) is 23.8 Å². The van der Waals surface area contributed by atoms with Crippen molar-refractivity contribution < 1.29 is 19.4 Å². The molecule has 0 unspecified atom stereocenters. The van der Waals surface area contributed by atoms with Gasteiger partial charge in [0.1, 0.15) is 6.07 Å². The van der Waals surface area contributed by atoms with E-state index in [1.807, 2.05) is 6.92 Å². The van der Waals surface area contributed by atoms with Gasteiger partial charge in [0.25, 0.3) is 0 Å². The maximum atomic E-state index is 10.6. The summed E-state index contributed by atoms with van der Waals surface area (Å²) in [6.07, 6.45) is 1.22. The van der Waals surface area contributed by atoms with E-state index < -0.39 is 11.5 Å². The predicted octanol–water partition coefficient (Wildman–Crippen LogP) is 0.751. The summed E-state index contributed by atoms with van der Waals surface area (Å²) >= 11 is 0. The summed E-state index contributed by atoms with van der Waals surface area (Å²) in [5.74, 6) is -0.476. The molecule has 5 nitrogen and oxygen atoms in total. The number of rotatable bonds is 5. The lowest BCUT2D eigenvalue weighted by Crippen LogP contribution is -2.23. The molecule has 0 bridgehead atoms. The van der Waals surface area contributed by atoms with E-state index in [0.717, 1.165) is 0 Å². The van der Waals surface area contributed by atoms with Crippen molar-refractivity contribution in [1.82, 2.24) is 0 Å². The van der Waals surface area contributed by atoms with Crippen molar-refractivity contribution in [3.63, 3.8) is 0 Å². The van der Waals surface area contributed by atoms with Crippen molar-refractivity contribution in [1.29, 1.82) is 5.26 Å². The first kappa shape index (κ1) is 13.6. The fraction of sp³-hybridized carbons (Fsp3) is 0.231. The molecule has 0 amide bonds. The van der Waals surface area contributed by atoms with Gasteiger partial charge in [-0.25, -0.2) is 0 Å². The highest BCUT2D eigenvalue weighted by molar-refractivity contribution is 5.95. The number of carboxylic acids is 1. The maximum absolute atomic E-state index is 10.6. The van der Waals surface area contributed by atoms with Crippen LogP contribution in [0.2, 0.25) is 0 Å². The van der Waals surface area contributed by atoms with E-state index in [-0.39, 0.29) is 0 Å². The Kier molecular flexibility index (Phi) is 4.76. The monoisotopic (exact) mass is 246 g/mol. The summed E-state index contributed by atoms with van der Waals surface area (Å²) in [7, 11) is 1.48. The van der Waals surface area contributed by atoms with E-state index in [1.54, 1.807) is 24.3 Å². The van der Waals surface area contributed by atoms with E-state index in [2.05, 4.69) is 0 Å². The van der Waals surface area contributed by atoms with Gasteiger partial charge >= 0.3 is 0 Å². The van der Waals surface area contributed by atoms with Crippen LogP contribution in [0.3, 0.4) is 0 Å². The first-order valence-corrected chi connectivity index (χ1v) is 5.26. The summed E-state index contributed by atoms with van der Waals surface area (Å²) in [5.41, 5.74) is 0.0808. The molecule has 0 saturated carbocycles. The van der Waals surface area contributed by atoms with Crippen LogP contribution in [0.5, 0.6) is 11.5 Å². The number of carbonyl (C=O) groups is 1. The van der Waals surface area contributed by atoms with E-state index >= 15 is 0 Å². The van der Waals surface area contributed by atoms with Gasteiger partial charge in [0.05, 0.1) is 25.3 Å². The molecule has 18 heavy (non-hydrogen) atoms. The minimum absolute atomic E-state index is 0.443. The van der Waals surface area contributed by atoms with Crippen molar-refractivity contribution >= 4 is 12.0 Å². The molecule has 5 heteroatoms. The molecule has 0 atom stereocenters. The zero-order valence-electron chi connectivity index (χ0n) is 10.1. The summed E-state index contributed by atoms with van der Waals surface area (Å²) in [6.45, 7) is 2.34. The average Bonchev–Trinajstić information content (AvgIpc) is 2.37. The normalized spacial score (nSPS) is 10.6. The Morgan fingerprint density at radius 2 is 2.22 bits per heavy atom. The molecular weight excluding hydrogens is 234 g/mol. The molecule has 0 saturated heterocycles. The van der Waals surface area contributed by atoms with Gasteiger partial charge in [-0.2, -0.15) is 5.26 Å². The standard InChI is InChI=1S/C13H13NO4/c1-3-18-11-5-4-9(7-12(11)17-2)6-10(8-14)13(15)16/h4-7H,3H2,1-2H3,(H,15,16)/p-1/b10-6-. The molecule has 1 rings (SSSR count). The molecule has 0 aromatic heterocycles. The Hall–Kier alpha value is -2.48. The Bertz CT molecular complexity index is 514. The van der Waals surface area contributed by atoms with Crippen LogP contribution in [0.25, 0.3) is 6.08 Å². The zero-order chi connectivity index (χ0) is 13.5. The molecule has 0 aliphatic carbocycles. The van der Waals surface area contributed by atoms with Crippen LogP contribution in [0, 0.1) is 11.3 Å². The molecule has 0 heterocycles. The first-order valence-electron chi connectivity index (χ1n) is 5.26. The highest BCUT2D eigenvalue weighted by atomic mass is 16.5. The minimum atomic E-state index is -1.51. The molecule has 1 aromatic rings. The van der Waals surface area contributed by atoms with E-state index in [9.17, 15) is 9.90 Å². The molecular formula is C13H12NO4-. The number of hydrogen-bond acceptors (Lipinski definition) is 5. The molecule has 0 aliphatic heterocycles. The van der Waals surface area contributed by atoms with Gasteiger partial charge in [-0.15, -0.1) is 0 Å². The molecule has 0 radical (unpaired) electrons. The summed E-state index contributed by atoms with van der Waals surface area (Å²) < 4.78 is 10.4. The summed E-state index contributed by atoms with van der Waals surface area (Å²) in [4.78, 5) is 10.6. The smallest absolute Gasteiger partial charge is 0.161 e. The molecule has 0 aliphatic rings. The van der Waals surface area contributed by atoms with Gasteiger partial charge in [-0.05, 0) is 30.7 Å². The van der Waals surface area contributed by atoms with Gasteiger partial charge in [-0.1, -0.05) is 6.07 Å². The third-order valence-corrected chi connectivity index (χ3v) is 2.14. The van der Waals surface area contributed by atoms with Gasteiger partial charge in [-0.3, -0.25) is 0 Å². The molecule has 0 N–H and O–H groups in total. The topological polar surface area (TPSA) is 82.4 Å². The largest absolute Gasteiger partial charge is 0.544 e. The van der Waals surface area contributed by atoms with Crippen LogP contribution < -0.4 is 14.6 Å². The van der Waals surface area contributed by atoms with Crippen LogP contribution in [-0.4, -0.2) is 19.7 Å². The molecule has 94 valence electrons. The third-order valence-electron chi connectivity index (χ3n) is 2.14. The van der Waals surface area contributed by atoms with Crippen molar-refractivity contribution in [2.75, 3.05) is 13.7 Å². The van der Waals surface area contributed by atoms with Crippen molar-refractivity contribution in [2.45, 2.75) is 6.92 Å². The lowest BCUT2D eigenvalue weighted by molar-refractivity contribution is -0.298. The Morgan fingerprint density at radius 1 is 1.50 bits per heavy atom. The SMILES string of the molecule is CCOc1ccc(/C=C(/C#N)C(=O)[O-])cc1OC. The van der Waals surface area contributed by atoms with Crippen LogP contribution in [-0.2, 0) is 4.79 Å². The lowest BCUT2D eigenvalue weighted by atomic mass is 10.1. The molecule has 0 fully saturated rings. The van der Waals surface area contributed by atoms with E-state index in [1.165, 1.54) is 13.2 Å². The van der Waals surface area contributed by atoms with Gasteiger partial charge in [0.2, 0.25) is 0 Å². The maximum Gasteiger partial charge on any atom is 0.161 e. The van der Waals surface area contributed by atoms with Gasteiger partial charge < -0.3 is 19.4 Å². The van der Waals surface area contributed by atoms with Gasteiger partial charge in [0.15, 0.2) is 11.5 Å². The summed E-state index contributed by atoms with van der Waals surface area (Å²) in [6, 6.07) is 6.43. The quantitative estimate of drug-likeness (QED) is 0.565. The number of aliphatic carboxylic acids is 1. The number of hydrogen-bond donors (Lipinski definition) is 0. The van der Waals surface area contributed by atoms with Crippen molar-refractivity contribution in [3.05, 3.63) is 29.3 Å². The number of carboxylic acid groups (broad SMARTS) is 1. The fourth-order valence-electron chi connectivity index (χ4n) is 1.35. The zero-order valence-corrected chi connectivity index (χ0v) is 10.1. The fourth-order valence-corrected chi connectivity index (χ4v) is 1.35. The van der Waals surface area contributed by atoms with Crippen LogP contribution >= 0.6 is 0 Å². The second kappa shape index (κ2) is 6.30. The lowest BCUT2D eigenvalue weighted by Gasteiger charge is -2.09. The third kappa shape index (κ3) is 3.25. The van der Waals surface area contributed by atoms with E-state index in [4.69, 9.17) is 14.7 Å². The average molecular weight is 246 g/mol. The second-order valence-electron chi connectivity index (χ2n) is 3.30. The minimum Gasteiger partial charge on any atom is -0.544 e. The van der Waals surface area contributed by atoms with E-state index in [0.29, 0.717) is 23.7 Å². The number of nitriles is 1. The first-order chi connectivity index (χ1) is 8.62. The number of nitrogens with zero attached hydrogens (tertiary/aromatic N) is 1. The number of benzene rings is 1. The van der Waals surface area contributed by atoms with Crippen molar-refractivity contribution in [3.8, 4) is 17.6 Å². The Balaban J connectivity index is 3.13. The highest BCUT2D eigenvalue weighted by Gasteiger charge is 2.05. The Morgan fingerprint density at radius 3 is 2.72 bits per heavy atom. The predicted molar refractivity (Wildman–Crippen MR) is 62.8 cm³/mol. The molecule has 1 aromatic carbocycles. The highest BCUT2D eigenvalue weighted by Crippen LogP contribution is 2.28. The second-order valence-corrected chi connectivity index (χ2v) is 3.30. The molecule has 0 spiro atoms.